The number of carbonyl (C=O) groups is 1. The summed E-state index contributed by atoms with van der Waals surface area (Å²) in [6.07, 6.45) is 9.08. The first-order valence-electron chi connectivity index (χ1n) is 12.8. The zero-order chi connectivity index (χ0) is 25.6. The first-order valence-corrected chi connectivity index (χ1v) is 12.8. The second-order valence-corrected chi connectivity index (χ2v) is 8.98. The summed E-state index contributed by atoms with van der Waals surface area (Å²) in [5.74, 6) is 0.861. The van der Waals surface area contributed by atoms with E-state index in [0.29, 0.717) is 30.1 Å². The van der Waals surface area contributed by atoms with E-state index in [1.54, 1.807) is 42.5 Å². The van der Waals surface area contributed by atoms with Gasteiger partial charge in [-0.1, -0.05) is 56.7 Å². The normalized spacial score (nSPS) is 10.6. The number of benzene rings is 3. The van der Waals surface area contributed by atoms with Gasteiger partial charge in [0.2, 0.25) is 0 Å². The Bertz CT molecular complexity index is 1130. The molecule has 0 bridgehead atoms. The van der Waals surface area contributed by atoms with Gasteiger partial charge >= 0.3 is 5.97 Å². The van der Waals surface area contributed by atoms with Crippen LogP contribution >= 0.6 is 0 Å². The van der Waals surface area contributed by atoms with Crippen LogP contribution in [0.3, 0.4) is 0 Å². The highest BCUT2D eigenvalue weighted by molar-refractivity contribution is 5.91. The number of nitriles is 1. The third kappa shape index (κ3) is 8.55. The Morgan fingerprint density at radius 2 is 1.42 bits per heavy atom. The molecular formula is C31H35NO4. The number of aliphatic hydroxyl groups excluding tert-OH is 1. The van der Waals surface area contributed by atoms with Crippen LogP contribution in [0.5, 0.6) is 11.5 Å². The molecule has 0 saturated carbocycles. The molecular weight excluding hydrogens is 450 g/mol. The molecule has 0 heterocycles. The fourth-order valence-electron chi connectivity index (χ4n) is 3.99. The Morgan fingerprint density at radius 3 is 2.03 bits per heavy atom. The van der Waals surface area contributed by atoms with Crippen molar-refractivity contribution in [2.45, 2.75) is 58.3 Å². The summed E-state index contributed by atoms with van der Waals surface area (Å²) in [6.45, 7) is 2.87. The Morgan fingerprint density at radius 1 is 0.806 bits per heavy atom. The maximum Gasteiger partial charge on any atom is 0.343 e. The lowest BCUT2D eigenvalue weighted by Crippen LogP contribution is -2.09. The van der Waals surface area contributed by atoms with E-state index >= 15 is 0 Å². The van der Waals surface area contributed by atoms with Crippen LogP contribution in [-0.2, 0) is 0 Å². The Balaban J connectivity index is 1.42. The number of unbranched alkanes of at least 4 members (excludes halogenated alkanes) is 7. The molecule has 0 fully saturated rings. The SMILES string of the molecule is Cc1cc(-c2ccc(C#N)cc2)ccc1OC(=O)c1ccc(OCCCCCCCCCCO)cc1. The molecule has 0 aliphatic carbocycles. The number of carbonyl (C=O) groups excluding carboxylic acids is 1. The molecule has 0 amide bonds. The predicted octanol–water partition coefficient (Wildman–Crippen LogP) is 7.24. The molecule has 3 aromatic carbocycles. The number of esters is 1. The van der Waals surface area contributed by atoms with E-state index < -0.39 is 5.97 Å². The summed E-state index contributed by atoms with van der Waals surface area (Å²) in [6, 6.07) is 22.3. The molecule has 0 radical (unpaired) electrons. The molecule has 0 aliphatic heterocycles. The van der Waals surface area contributed by atoms with Gasteiger partial charge in [-0.05, 0) is 85.0 Å². The van der Waals surface area contributed by atoms with Crippen LogP contribution in [-0.4, -0.2) is 24.3 Å². The van der Waals surface area contributed by atoms with Crippen molar-refractivity contribution in [3.8, 4) is 28.7 Å². The minimum atomic E-state index is -0.408. The summed E-state index contributed by atoms with van der Waals surface area (Å²) in [5.41, 5.74) is 3.94. The van der Waals surface area contributed by atoms with E-state index in [9.17, 15) is 4.79 Å². The van der Waals surface area contributed by atoms with E-state index in [2.05, 4.69) is 6.07 Å². The van der Waals surface area contributed by atoms with Gasteiger partial charge in [-0.3, -0.25) is 0 Å². The second-order valence-electron chi connectivity index (χ2n) is 8.98. The maximum atomic E-state index is 12.6. The van der Waals surface area contributed by atoms with E-state index in [4.69, 9.17) is 19.8 Å². The van der Waals surface area contributed by atoms with Gasteiger partial charge in [-0.25, -0.2) is 4.79 Å². The first kappa shape index (κ1) is 27.0. The Kier molecular flexibility index (Phi) is 11.0. The third-order valence-corrected chi connectivity index (χ3v) is 6.14. The van der Waals surface area contributed by atoms with Crippen molar-refractivity contribution in [1.29, 1.82) is 5.26 Å². The van der Waals surface area contributed by atoms with Crippen molar-refractivity contribution in [3.05, 3.63) is 83.4 Å². The summed E-state index contributed by atoms with van der Waals surface area (Å²) < 4.78 is 11.4. The molecule has 5 nitrogen and oxygen atoms in total. The fourth-order valence-corrected chi connectivity index (χ4v) is 3.99. The minimum Gasteiger partial charge on any atom is -0.494 e. The number of hydrogen-bond acceptors (Lipinski definition) is 5. The van der Waals surface area contributed by atoms with Crippen molar-refractivity contribution in [2.75, 3.05) is 13.2 Å². The lowest BCUT2D eigenvalue weighted by atomic mass is 10.0. The lowest BCUT2D eigenvalue weighted by molar-refractivity contribution is 0.0733. The van der Waals surface area contributed by atoms with Gasteiger partial charge in [0.15, 0.2) is 0 Å². The molecule has 0 aromatic heterocycles. The minimum absolute atomic E-state index is 0.301. The van der Waals surface area contributed by atoms with Gasteiger partial charge in [-0.2, -0.15) is 5.26 Å². The number of aliphatic hydroxyl groups is 1. The van der Waals surface area contributed by atoms with Crippen LogP contribution in [0.15, 0.2) is 66.7 Å². The zero-order valence-electron chi connectivity index (χ0n) is 21.0. The molecule has 0 unspecified atom stereocenters. The number of hydrogen-bond donors (Lipinski definition) is 1. The van der Waals surface area contributed by atoms with Crippen LogP contribution in [0.1, 0.15) is 72.9 Å². The average Bonchev–Trinajstić information content (AvgIpc) is 2.91. The molecule has 0 aliphatic rings. The van der Waals surface area contributed by atoms with Crippen LogP contribution in [0.4, 0.5) is 0 Å². The molecule has 36 heavy (non-hydrogen) atoms. The first-order chi connectivity index (χ1) is 17.6. The Hall–Kier alpha value is -3.62. The standard InChI is InChI=1S/C31H35NO4/c1-24-22-28(26-12-10-25(23-32)11-13-26)16-19-30(24)36-31(34)27-14-17-29(18-15-27)35-21-9-7-5-3-2-4-6-8-20-33/h10-19,22,33H,2-9,20-21H2,1H3. The van der Waals surface area contributed by atoms with E-state index in [0.717, 1.165) is 48.1 Å². The molecule has 0 atom stereocenters. The van der Waals surface area contributed by atoms with Crippen LogP contribution in [0.25, 0.3) is 11.1 Å². The van der Waals surface area contributed by atoms with Crippen LogP contribution in [0.2, 0.25) is 0 Å². The van der Waals surface area contributed by atoms with Gasteiger partial charge in [-0.15, -0.1) is 0 Å². The summed E-state index contributed by atoms with van der Waals surface area (Å²) in [7, 11) is 0. The van der Waals surface area contributed by atoms with Crippen molar-refractivity contribution < 1.29 is 19.4 Å². The van der Waals surface area contributed by atoms with E-state index in [1.807, 2.05) is 31.2 Å². The zero-order valence-corrected chi connectivity index (χ0v) is 21.0. The van der Waals surface area contributed by atoms with Gasteiger partial charge in [0, 0.05) is 6.61 Å². The van der Waals surface area contributed by atoms with Crippen molar-refractivity contribution >= 4 is 5.97 Å². The predicted molar refractivity (Wildman–Crippen MR) is 142 cm³/mol. The topological polar surface area (TPSA) is 79.5 Å². The van der Waals surface area contributed by atoms with E-state index in [-0.39, 0.29) is 0 Å². The molecule has 1 N–H and O–H groups in total. The summed E-state index contributed by atoms with van der Waals surface area (Å²) >= 11 is 0. The third-order valence-electron chi connectivity index (χ3n) is 6.14. The van der Waals surface area contributed by atoms with Gasteiger partial charge < -0.3 is 14.6 Å². The molecule has 3 rings (SSSR count). The van der Waals surface area contributed by atoms with Crippen molar-refractivity contribution in [2.24, 2.45) is 0 Å². The number of nitrogens with zero attached hydrogens (tertiary/aromatic N) is 1. The lowest BCUT2D eigenvalue weighted by Gasteiger charge is -2.10. The summed E-state index contributed by atoms with van der Waals surface area (Å²) in [5, 5.41) is 17.7. The van der Waals surface area contributed by atoms with Gasteiger partial charge in [0.25, 0.3) is 0 Å². The van der Waals surface area contributed by atoms with E-state index in [1.165, 1.54) is 25.7 Å². The van der Waals surface area contributed by atoms with Crippen molar-refractivity contribution in [1.82, 2.24) is 0 Å². The second kappa shape index (κ2) is 14.7. The summed E-state index contributed by atoms with van der Waals surface area (Å²) in [4.78, 5) is 12.6. The fraction of sp³-hybridized carbons (Fsp3) is 0.355. The van der Waals surface area contributed by atoms with Crippen LogP contribution < -0.4 is 9.47 Å². The molecule has 188 valence electrons. The quantitative estimate of drug-likeness (QED) is 0.148. The van der Waals surface area contributed by atoms with Crippen molar-refractivity contribution in [3.63, 3.8) is 0 Å². The molecule has 5 heteroatoms. The average molecular weight is 486 g/mol. The number of rotatable bonds is 14. The largest absolute Gasteiger partial charge is 0.494 e. The highest BCUT2D eigenvalue weighted by Gasteiger charge is 2.11. The Labute approximate surface area is 214 Å². The number of ether oxygens (including phenoxy) is 2. The highest BCUT2D eigenvalue weighted by atomic mass is 16.5. The van der Waals surface area contributed by atoms with Gasteiger partial charge in [0.1, 0.15) is 11.5 Å². The number of aryl methyl sites for hydroxylation is 1. The maximum absolute atomic E-state index is 12.6. The van der Waals surface area contributed by atoms with Gasteiger partial charge in [0.05, 0.1) is 23.8 Å². The highest BCUT2D eigenvalue weighted by Crippen LogP contribution is 2.27. The monoisotopic (exact) mass is 485 g/mol. The smallest absolute Gasteiger partial charge is 0.343 e. The molecule has 3 aromatic rings. The van der Waals surface area contributed by atoms with Crippen LogP contribution in [0, 0.1) is 18.3 Å². The molecule has 0 spiro atoms. The molecule has 0 saturated heterocycles.